The van der Waals surface area contributed by atoms with Gasteiger partial charge in [0.1, 0.15) is 0 Å². The Hall–Kier alpha value is -0.870. The molecule has 0 atom stereocenters. The number of rotatable bonds is 1. The minimum absolute atomic E-state index is 0.0773. The molecule has 1 heterocycles. The maximum Gasteiger partial charge on any atom is 0.166 e. The van der Waals surface area contributed by atoms with Gasteiger partial charge in [-0.15, -0.1) is 10.2 Å². The maximum absolute atomic E-state index is 6.04. The van der Waals surface area contributed by atoms with Gasteiger partial charge in [0.25, 0.3) is 0 Å². The number of halogens is 1. The van der Waals surface area contributed by atoms with E-state index < -0.39 is 0 Å². The monoisotopic (exact) mass is 212 g/mol. The summed E-state index contributed by atoms with van der Waals surface area (Å²) in [5, 5.41) is 8.31. The number of nitrogen functional groups attached to an aromatic ring is 1. The van der Waals surface area contributed by atoms with Crippen LogP contribution in [0.3, 0.4) is 0 Å². The molecular weight excluding hydrogens is 200 g/mol. The van der Waals surface area contributed by atoms with E-state index in [4.69, 9.17) is 17.4 Å². The second kappa shape index (κ2) is 3.07. The van der Waals surface area contributed by atoms with E-state index in [0.29, 0.717) is 11.0 Å². The zero-order valence-corrected chi connectivity index (χ0v) is 9.02. The molecule has 5 heteroatoms. The Balaban J connectivity index is 2.65. The summed E-state index contributed by atoms with van der Waals surface area (Å²) in [6.45, 7) is 4.32. The van der Waals surface area contributed by atoms with E-state index in [1.165, 1.54) is 0 Å². The molecule has 0 unspecified atom stereocenters. The van der Waals surface area contributed by atoms with Crippen molar-refractivity contribution in [2.45, 2.75) is 32.1 Å². The van der Waals surface area contributed by atoms with Gasteiger partial charge in [0, 0.05) is 11.1 Å². The first kappa shape index (κ1) is 9.68. The second-order valence-corrected chi connectivity index (χ2v) is 4.58. The minimum Gasteiger partial charge on any atom is -0.307 e. The van der Waals surface area contributed by atoms with E-state index >= 15 is 0 Å². The Morgan fingerprint density at radius 2 is 2.14 bits per heavy atom. The Morgan fingerprint density at radius 1 is 1.43 bits per heavy atom. The van der Waals surface area contributed by atoms with Crippen LogP contribution in [-0.4, -0.2) is 10.2 Å². The highest BCUT2D eigenvalue weighted by molar-refractivity contribution is 6.30. The Morgan fingerprint density at radius 3 is 2.79 bits per heavy atom. The fourth-order valence-electron chi connectivity index (χ4n) is 2.06. The van der Waals surface area contributed by atoms with E-state index in [1.807, 2.05) is 0 Å². The van der Waals surface area contributed by atoms with Crippen LogP contribution in [0, 0.1) is 0 Å². The van der Waals surface area contributed by atoms with Crippen LogP contribution in [-0.2, 0) is 11.8 Å². The third-order valence-corrected chi connectivity index (χ3v) is 3.11. The van der Waals surface area contributed by atoms with Crippen LogP contribution >= 0.6 is 11.6 Å². The summed E-state index contributed by atoms with van der Waals surface area (Å²) in [4.78, 5) is 0. The number of nitrogens with zero attached hydrogens (tertiary/aromatic N) is 2. The van der Waals surface area contributed by atoms with Gasteiger partial charge >= 0.3 is 0 Å². The molecule has 0 radical (unpaired) electrons. The molecule has 0 spiro atoms. The molecule has 14 heavy (non-hydrogen) atoms. The molecule has 0 aromatic carbocycles. The topological polar surface area (TPSA) is 63.8 Å². The van der Waals surface area contributed by atoms with Crippen molar-refractivity contribution in [2.75, 3.05) is 5.43 Å². The lowest BCUT2D eigenvalue weighted by Crippen LogP contribution is -2.16. The van der Waals surface area contributed by atoms with Crippen LogP contribution in [0.2, 0.25) is 5.15 Å². The van der Waals surface area contributed by atoms with Gasteiger partial charge in [-0.25, -0.2) is 5.84 Å². The third kappa shape index (κ3) is 1.26. The molecular formula is C9H13ClN4. The first-order valence-corrected chi connectivity index (χ1v) is 4.96. The molecule has 0 aliphatic heterocycles. The number of nitrogens with two attached hydrogens (primary N) is 1. The molecule has 0 saturated heterocycles. The highest BCUT2D eigenvalue weighted by atomic mass is 35.5. The smallest absolute Gasteiger partial charge is 0.166 e. The van der Waals surface area contributed by atoms with Crippen molar-refractivity contribution in [3.05, 3.63) is 16.3 Å². The predicted octanol–water partition coefficient (Wildman–Crippen LogP) is 1.64. The lowest BCUT2D eigenvalue weighted by Gasteiger charge is -2.19. The summed E-state index contributed by atoms with van der Waals surface area (Å²) in [7, 11) is 0. The molecule has 0 fully saturated rings. The normalized spacial score (nSPS) is 18.0. The van der Waals surface area contributed by atoms with E-state index in [0.717, 1.165) is 24.0 Å². The van der Waals surface area contributed by atoms with Gasteiger partial charge in [0.15, 0.2) is 11.0 Å². The number of anilines is 1. The first-order chi connectivity index (χ1) is 6.56. The van der Waals surface area contributed by atoms with Gasteiger partial charge in [-0.05, 0) is 18.3 Å². The van der Waals surface area contributed by atoms with E-state index in [9.17, 15) is 0 Å². The van der Waals surface area contributed by atoms with Crippen molar-refractivity contribution in [2.24, 2.45) is 5.84 Å². The van der Waals surface area contributed by atoms with Crippen molar-refractivity contribution in [1.29, 1.82) is 0 Å². The number of fused-ring (bicyclic) bond motifs is 1. The minimum atomic E-state index is 0.0773. The standard InChI is InChI=1S/C9H13ClN4/c1-9(2)4-3-5-6(9)7(10)13-14-8(5)12-11/h3-4,11H2,1-2H3,(H,12,14). The Bertz CT molecular complexity index is 375. The van der Waals surface area contributed by atoms with E-state index in [2.05, 4.69) is 29.5 Å². The second-order valence-electron chi connectivity index (χ2n) is 4.22. The van der Waals surface area contributed by atoms with Gasteiger partial charge in [-0.1, -0.05) is 25.4 Å². The molecule has 0 bridgehead atoms. The largest absolute Gasteiger partial charge is 0.307 e. The molecule has 1 aliphatic rings. The predicted molar refractivity (Wildman–Crippen MR) is 56.2 cm³/mol. The number of aromatic nitrogens is 2. The lowest BCUT2D eigenvalue weighted by molar-refractivity contribution is 0.521. The molecule has 1 aromatic rings. The van der Waals surface area contributed by atoms with Crippen molar-refractivity contribution in [3.8, 4) is 0 Å². The fourth-order valence-corrected chi connectivity index (χ4v) is 2.46. The van der Waals surface area contributed by atoms with Crippen molar-refractivity contribution < 1.29 is 0 Å². The lowest BCUT2D eigenvalue weighted by atomic mass is 9.88. The summed E-state index contributed by atoms with van der Waals surface area (Å²) < 4.78 is 0. The Kier molecular flexibility index (Phi) is 2.12. The summed E-state index contributed by atoms with van der Waals surface area (Å²) >= 11 is 6.04. The average Bonchev–Trinajstić information content (AvgIpc) is 2.44. The summed E-state index contributed by atoms with van der Waals surface area (Å²) in [6.07, 6.45) is 2.02. The summed E-state index contributed by atoms with van der Waals surface area (Å²) in [6, 6.07) is 0. The van der Waals surface area contributed by atoms with Crippen molar-refractivity contribution in [1.82, 2.24) is 10.2 Å². The van der Waals surface area contributed by atoms with Gasteiger partial charge < -0.3 is 5.43 Å². The highest BCUT2D eigenvalue weighted by Crippen LogP contribution is 2.43. The molecule has 0 amide bonds. The van der Waals surface area contributed by atoms with Crippen LogP contribution in [0.15, 0.2) is 0 Å². The van der Waals surface area contributed by atoms with Gasteiger partial charge in [-0.2, -0.15) is 0 Å². The molecule has 1 aromatic heterocycles. The van der Waals surface area contributed by atoms with Crippen LogP contribution in [0.4, 0.5) is 5.82 Å². The SMILES string of the molecule is CC1(C)CCc2c(NN)nnc(Cl)c21. The van der Waals surface area contributed by atoms with Crippen LogP contribution < -0.4 is 11.3 Å². The van der Waals surface area contributed by atoms with Crippen LogP contribution in [0.1, 0.15) is 31.4 Å². The molecule has 76 valence electrons. The number of nitrogens with one attached hydrogen (secondary N) is 1. The van der Waals surface area contributed by atoms with Gasteiger partial charge in [0.05, 0.1) is 0 Å². The Labute approximate surface area is 87.8 Å². The van der Waals surface area contributed by atoms with Crippen LogP contribution in [0.5, 0.6) is 0 Å². The van der Waals surface area contributed by atoms with Gasteiger partial charge in [-0.3, -0.25) is 0 Å². The summed E-state index contributed by atoms with van der Waals surface area (Å²) in [5.74, 6) is 6.01. The maximum atomic E-state index is 6.04. The molecule has 4 nitrogen and oxygen atoms in total. The fraction of sp³-hybridized carbons (Fsp3) is 0.556. The number of hydrogen-bond acceptors (Lipinski definition) is 4. The molecule has 1 aliphatic carbocycles. The third-order valence-electron chi connectivity index (χ3n) is 2.85. The number of hydrogen-bond donors (Lipinski definition) is 2. The molecule has 3 N–H and O–H groups in total. The van der Waals surface area contributed by atoms with Crippen LogP contribution in [0.25, 0.3) is 0 Å². The zero-order chi connectivity index (χ0) is 10.3. The van der Waals surface area contributed by atoms with Crippen molar-refractivity contribution in [3.63, 3.8) is 0 Å². The highest BCUT2D eigenvalue weighted by Gasteiger charge is 2.35. The first-order valence-electron chi connectivity index (χ1n) is 4.58. The van der Waals surface area contributed by atoms with Crippen molar-refractivity contribution >= 4 is 17.4 Å². The van der Waals surface area contributed by atoms with E-state index in [-0.39, 0.29) is 5.41 Å². The van der Waals surface area contributed by atoms with E-state index in [1.54, 1.807) is 0 Å². The quantitative estimate of drug-likeness (QED) is 0.549. The summed E-state index contributed by atoms with van der Waals surface area (Å²) in [5.41, 5.74) is 4.83. The van der Waals surface area contributed by atoms with Gasteiger partial charge in [0.2, 0.25) is 0 Å². The molecule has 0 saturated carbocycles. The zero-order valence-electron chi connectivity index (χ0n) is 8.26. The molecule has 2 rings (SSSR count). The number of hydrazine groups is 1. The average molecular weight is 213 g/mol.